The number of nitrogens with one attached hydrogen (secondary N) is 1. The van der Waals surface area contributed by atoms with E-state index in [-0.39, 0.29) is 0 Å². The maximum Gasteiger partial charge on any atom is 0.0575 e. The molecule has 1 aromatic carbocycles. The molecule has 0 radical (unpaired) electrons. The summed E-state index contributed by atoms with van der Waals surface area (Å²) in [6.07, 6.45) is 6.44. The van der Waals surface area contributed by atoms with Gasteiger partial charge in [-0.1, -0.05) is 32.6 Å². The van der Waals surface area contributed by atoms with Crippen LogP contribution in [0.4, 0.5) is 17.1 Å². The Hall–Kier alpha value is -1.38. The Bertz CT molecular complexity index is 310. The average Bonchev–Trinajstić information content (AvgIpc) is 2.26. The van der Waals surface area contributed by atoms with Crippen molar-refractivity contribution in [3.8, 4) is 0 Å². The predicted octanol–water partition coefficient (Wildman–Crippen LogP) is 3.23. The Balaban J connectivity index is 2.21. The zero-order chi connectivity index (χ0) is 11.8. The van der Waals surface area contributed by atoms with Crippen molar-refractivity contribution in [3.05, 3.63) is 18.2 Å². The van der Waals surface area contributed by atoms with Crippen LogP contribution in [0.15, 0.2) is 18.2 Å². The molecule has 0 saturated carbocycles. The Morgan fingerprint density at radius 3 is 2.50 bits per heavy atom. The number of anilines is 3. The van der Waals surface area contributed by atoms with Gasteiger partial charge in [-0.15, -0.1) is 0 Å². The molecule has 0 aliphatic heterocycles. The largest absolute Gasteiger partial charge is 0.399 e. The van der Waals surface area contributed by atoms with Gasteiger partial charge in [-0.2, -0.15) is 0 Å². The standard InChI is InChI=1S/C13H23N3/c1-2-3-4-5-6-9-16-13-8-7-11(14)10-12(13)15/h7-8,10,16H,2-6,9,14-15H2,1H3. The van der Waals surface area contributed by atoms with Crippen LogP contribution < -0.4 is 16.8 Å². The summed E-state index contributed by atoms with van der Waals surface area (Å²) in [6, 6.07) is 5.60. The molecule has 0 atom stereocenters. The van der Waals surface area contributed by atoms with Crippen LogP contribution in [0.3, 0.4) is 0 Å². The molecule has 0 spiro atoms. The molecular weight excluding hydrogens is 198 g/mol. The minimum absolute atomic E-state index is 0.714. The van der Waals surface area contributed by atoms with E-state index in [0.717, 1.165) is 17.9 Å². The Kier molecular flexibility index (Phi) is 5.54. The van der Waals surface area contributed by atoms with Gasteiger partial charge in [0.1, 0.15) is 0 Å². The summed E-state index contributed by atoms with van der Waals surface area (Å²) in [4.78, 5) is 0. The third-order valence-electron chi connectivity index (χ3n) is 2.67. The van der Waals surface area contributed by atoms with Crippen LogP contribution in [0.1, 0.15) is 39.0 Å². The molecular formula is C13H23N3. The first-order valence-electron chi connectivity index (χ1n) is 6.13. The van der Waals surface area contributed by atoms with Crippen molar-refractivity contribution in [2.45, 2.75) is 39.0 Å². The summed E-state index contributed by atoms with van der Waals surface area (Å²) >= 11 is 0. The second-order valence-electron chi connectivity index (χ2n) is 4.19. The van der Waals surface area contributed by atoms with Crippen molar-refractivity contribution in [3.63, 3.8) is 0 Å². The normalized spacial score (nSPS) is 10.3. The molecule has 0 aliphatic carbocycles. The van der Waals surface area contributed by atoms with E-state index < -0.39 is 0 Å². The van der Waals surface area contributed by atoms with Crippen LogP contribution in [0, 0.1) is 0 Å². The number of rotatable bonds is 7. The second-order valence-corrected chi connectivity index (χ2v) is 4.19. The first-order chi connectivity index (χ1) is 7.74. The van der Waals surface area contributed by atoms with E-state index in [1.165, 1.54) is 32.1 Å². The highest BCUT2D eigenvalue weighted by Gasteiger charge is 1.98. The molecule has 1 aromatic rings. The summed E-state index contributed by atoms with van der Waals surface area (Å²) in [6.45, 7) is 3.21. The van der Waals surface area contributed by atoms with Crippen molar-refractivity contribution < 1.29 is 0 Å². The van der Waals surface area contributed by atoms with Gasteiger partial charge in [-0.25, -0.2) is 0 Å². The Morgan fingerprint density at radius 2 is 1.81 bits per heavy atom. The molecule has 3 nitrogen and oxygen atoms in total. The molecule has 0 fully saturated rings. The SMILES string of the molecule is CCCCCCCNc1ccc(N)cc1N. The van der Waals surface area contributed by atoms with Crippen molar-refractivity contribution in [2.24, 2.45) is 0 Å². The number of hydrogen-bond acceptors (Lipinski definition) is 3. The molecule has 0 aliphatic rings. The van der Waals surface area contributed by atoms with Crippen molar-refractivity contribution >= 4 is 17.1 Å². The van der Waals surface area contributed by atoms with Crippen molar-refractivity contribution in [1.29, 1.82) is 0 Å². The van der Waals surface area contributed by atoms with E-state index in [4.69, 9.17) is 11.5 Å². The van der Waals surface area contributed by atoms with E-state index in [2.05, 4.69) is 12.2 Å². The maximum atomic E-state index is 5.84. The lowest BCUT2D eigenvalue weighted by atomic mass is 10.1. The van der Waals surface area contributed by atoms with E-state index in [1.807, 2.05) is 12.1 Å². The predicted molar refractivity (Wildman–Crippen MR) is 72.5 cm³/mol. The first-order valence-corrected chi connectivity index (χ1v) is 6.13. The minimum Gasteiger partial charge on any atom is -0.399 e. The minimum atomic E-state index is 0.714. The third-order valence-corrected chi connectivity index (χ3v) is 2.67. The number of nitrogens with two attached hydrogens (primary N) is 2. The summed E-state index contributed by atoms with van der Waals surface area (Å²) in [5, 5.41) is 3.34. The summed E-state index contributed by atoms with van der Waals surface area (Å²) < 4.78 is 0. The molecule has 5 N–H and O–H groups in total. The quantitative estimate of drug-likeness (QED) is 0.489. The molecule has 90 valence electrons. The van der Waals surface area contributed by atoms with Gasteiger partial charge < -0.3 is 16.8 Å². The monoisotopic (exact) mass is 221 g/mol. The molecule has 0 aromatic heterocycles. The van der Waals surface area contributed by atoms with Crippen LogP contribution in [-0.4, -0.2) is 6.54 Å². The summed E-state index contributed by atoms with van der Waals surface area (Å²) in [7, 11) is 0. The van der Waals surface area contributed by atoms with Gasteiger partial charge in [0.25, 0.3) is 0 Å². The number of unbranched alkanes of at least 4 members (excludes halogenated alkanes) is 4. The lowest BCUT2D eigenvalue weighted by Gasteiger charge is -2.09. The third kappa shape index (κ3) is 4.43. The van der Waals surface area contributed by atoms with Crippen LogP contribution in [0.5, 0.6) is 0 Å². The van der Waals surface area contributed by atoms with Crippen molar-refractivity contribution in [2.75, 3.05) is 23.3 Å². The van der Waals surface area contributed by atoms with Crippen LogP contribution in [0.25, 0.3) is 0 Å². The second kappa shape index (κ2) is 6.99. The van der Waals surface area contributed by atoms with Gasteiger partial charge in [-0.3, -0.25) is 0 Å². The van der Waals surface area contributed by atoms with Crippen molar-refractivity contribution in [1.82, 2.24) is 0 Å². The lowest BCUT2D eigenvalue weighted by Crippen LogP contribution is -2.04. The molecule has 0 heterocycles. The molecule has 1 rings (SSSR count). The van der Waals surface area contributed by atoms with Gasteiger partial charge in [0, 0.05) is 12.2 Å². The Labute approximate surface area is 98.2 Å². The van der Waals surface area contributed by atoms with Gasteiger partial charge in [0.15, 0.2) is 0 Å². The van der Waals surface area contributed by atoms with E-state index >= 15 is 0 Å². The van der Waals surface area contributed by atoms with Gasteiger partial charge >= 0.3 is 0 Å². The molecule has 3 heteroatoms. The fourth-order valence-electron chi connectivity index (χ4n) is 1.69. The topological polar surface area (TPSA) is 64.1 Å². The zero-order valence-electron chi connectivity index (χ0n) is 10.1. The molecule has 0 bridgehead atoms. The molecule has 16 heavy (non-hydrogen) atoms. The fraction of sp³-hybridized carbons (Fsp3) is 0.538. The summed E-state index contributed by atoms with van der Waals surface area (Å²) in [5.74, 6) is 0. The number of hydrogen-bond donors (Lipinski definition) is 3. The fourth-order valence-corrected chi connectivity index (χ4v) is 1.69. The van der Waals surface area contributed by atoms with E-state index in [1.54, 1.807) is 6.07 Å². The molecule has 0 saturated heterocycles. The average molecular weight is 221 g/mol. The van der Waals surface area contributed by atoms with E-state index in [9.17, 15) is 0 Å². The van der Waals surface area contributed by atoms with Gasteiger partial charge in [0.2, 0.25) is 0 Å². The van der Waals surface area contributed by atoms with Crippen LogP contribution >= 0.6 is 0 Å². The van der Waals surface area contributed by atoms with Gasteiger partial charge in [0.05, 0.1) is 11.4 Å². The van der Waals surface area contributed by atoms with E-state index in [0.29, 0.717) is 5.69 Å². The Morgan fingerprint density at radius 1 is 1.06 bits per heavy atom. The lowest BCUT2D eigenvalue weighted by molar-refractivity contribution is 0.645. The zero-order valence-corrected chi connectivity index (χ0v) is 10.1. The number of benzene rings is 1. The van der Waals surface area contributed by atoms with Crippen LogP contribution in [-0.2, 0) is 0 Å². The highest BCUT2D eigenvalue weighted by molar-refractivity contribution is 5.70. The first kappa shape index (κ1) is 12.7. The summed E-state index contributed by atoms with van der Waals surface area (Å²) in [5.41, 5.74) is 13.9. The number of nitrogen functional groups attached to an aromatic ring is 2. The maximum absolute atomic E-state index is 5.84. The highest BCUT2D eigenvalue weighted by Crippen LogP contribution is 2.20. The molecule has 0 amide bonds. The molecule has 0 unspecified atom stereocenters. The smallest absolute Gasteiger partial charge is 0.0575 e. The van der Waals surface area contributed by atoms with Gasteiger partial charge in [-0.05, 0) is 24.6 Å². The van der Waals surface area contributed by atoms with Crippen LogP contribution in [0.2, 0.25) is 0 Å². The highest BCUT2D eigenvalue weighted by atomic mass is 14.9.